The molecular weight excluding hydrogens is 404 g/mol. The third-order valence-electron chi connectivity index (χ3n) is 5.40. The minimum atomic E-state index is -0.223. The molecule has 0 saturated carbocycles. The highest BCUT2D eigenvalue weighted by atomic mass is 35.5. The van der Waals surface area contributed by atoms with Crippen LogP contribution >= 0.6 is 24.8 Å². The van der Waals surface area contributed by atoms with Gasteiger partial charge in [0.1, 0.15) is 5.82 Å². The van der Waals surface area contributed by atoms with Crippen molar-refractivity contribution in [2.75, 3.05) is 32.8 Å². The minimum Gasteiger partial charge on any atom is -0.378 e. The number of piperidine rings is 1. The van der Waals surface area contributed by atoms with Crippen LogP contribution in [0.1, 0.15) is 37.7 Å². The second kappa shape index (κ2) is 12.6. The number of halogens is 3. The second-order valence-electron chi connectivity index (χ2n) is 7.29. The lowest BCUT2D eigenvalue weighted by atomic mass is 10.1. The normalized spacial score (nSPS) is 20.5. The molecule has 2 aliphatic heterocycles. The smallest absolute Gasteiger partial charge is 0.239 e. The molecule has 160 valence electrons. The zero-order valence-electron chi connectivity index (χ0n) is 16.2. The van der Waals surface area contributed by atoms with Crippen LogP contribution in [0.4, 0.5) is 4.39 Å². The summed E-state index contributed by atoms with van der Waals surface area (Å²) >= 11 is 0. The van der Waals surface area contributed by atoms with E-state index in [4.69, 9.17) is 10.5 Å². The molecule has 2 heterocycles. The number of hydrogen-bond donors (Lipinski definition) is 1. The van der Waals surface area contributed by atoms with Gasteiger partial charge in [-0.3, -0.25) is 9.69 Å². The average Bonchev–Trinajstić information content (AvgIpc) is 3.12. The fourth-order valence-electron chi connectivity index (χ4n) is 3.91. The van der Waals surface area contributed by atoms with Crippen molar-refractivity contribution in [2.45, 2.75) is 50.8 Å². The van der Waals surface area contributed by atoms with Gasteiger partial charge in [0, 0.05) is 26.2 Å². The molecule has 8 heteroatoms. The van der Waals surface area contributed by atoms with E-state index in [2.05, 4.69) is 4.90 Å². The summed E-state index contributed by atoms with van der Waals surface area (Å²) < 4.78 is 18.9. The van der Waals surface area contributed by atoms with Gasteiger partial charge in [-0.25, -0.2) is 4.39 Å². The predicted octanol–water partition coefficient (Wildman–Crippen LogP) is 2.99. The van der Waals surface area contributed by atoms with Crippen LogP contribution in [-0.4, -0.2) is 60.6 Å². The summed E-state index contributed by atoms with van der Waals surface area (Å²) in [5, 5.41) is 0. The van der Waals surface area contributed by atoms with Crippen LogP contribution < -0.4 is 5.73 Å². The molecule has 2 fully saturated rings. The lowest BCUT2D eigenvalue weighted by Crippen LogP contribution is -2.49. The highest BCUT2D eigenvalue weighted by Gasteiger charge is 2.35. The van der Waals surface area contributed by atoms with Gasteiger partial charge in [0.25, 0.3) is 0 Å². The zero-order chi connectivity index (χ0) is 18.4. The Morgan fingerprint density at radius 1 is 1.11 bits per heavy atom. The molecule has 1 unspecified atom stereocenters. The van der Waals surface area contributed by atoms with Gasteiger partial charge in [-0.2, -0.15) is 0 Å². The largest absolute Gasteiger partial charge is 0.378 e. The van der Waals surface area contributed by atoms with Crippen molar-refractivity contribution < 1.29 is 13.9 Å². The third-order valence-corrected chi connectivity index (χ3v) is 5.40. The van der Waals surface area contributed by atoms with Crippen LogP contribution in [0.5, 0.6) is 0 Å². The number of hydrogen-bond acceptors (Lipinski definition) is 4. The van der Waals surface area contributed by atoms with Crippen LogP contribution in [0.15, 0.2) is 24.3 Å². The number of nitrogens with two attached hydrogens (primary N) is 1. The summed E-state index contributed by atoms with van der Waals surface area (Å²) in [4.78, 5) is 17.2. The number of nitrogens with zero attached hydrogens (tertiary/aromatic N) is 2. The Balaban J connectivity index is 0.00000196. The molecule has 0 aliphatic carbocycles. The van der Waals surface area contributed by atoms with E-state index in [1.165, 1.54) is 12.1 Å². The summed E-state index contributed by atoms with van der Waals surface area (Å²) in [6.45, 7) is 4.54. The summed E-state index contributed by atoms with van der Waals surface area (Å²) in [7, 11) is 0. The molecule has 1 amide bonds. The molecule has 5 nitrogen and oxygen atoms in total. The topological polar surface area (TPSA) is 58.8 Å². The van der Waals surface area contributed by atoms with Crippen molar-refractivity contribution in [2.24, 2.45) is 5.73 Å². The maximum atomic E-state index is 13.1. The molecule has 2 saturated heterocycles. The first-order valence-electron chi connectivity index (χ1n) is 9.76. The average molecular weight is 436 g/mol. The second-order valence-corrected chi connectivity index (χ2v) is 7.29. The number of likely N-dealkylation sites (tertiary alicyclic amines) is 2. The summed E-state index contributed by atoms with van der Waals surface area (Å²) in [5.74, 6) is 0.0179. The quantitative estimate of drug-likeness (QED) is 0.668. The van der Waals surface area contributed by atoms with Crippen LogP contribution in [0.2, 0.25) is 0 Å². The minimum absolute atomic E-state index is 0. The van der Waals surface area contributed by atoms with Crippen molar-refractivity contribution in [1.29, 1.82) is 0 Å². The molecule has 1 atom stereocenters. The number of benzene rings is 1. The Bertz CT molecular complexity index is 583. The van der Waals surface area contributed by atoms with Gasteiger partial charge in [0.15, 0.2) is 0 Å². The molecular formula is C20H32Cl2FN3O2. The number of carbonyl (C=O) groups is 1. The lowest BCUT2D eigenvalue weighted by Gasteiger charge is -2.35. The van der Waals surface area contributed by atoms with Gasteiger partial charge in [-0.1, -0.05) is 12.1 Å². The molecule has 0 bridgehead atoms. The van der Waals surface area contributed by atoms with Gasteiger partial charge in [0.05, 0.1) is 12.1 Å². The maximum absolute atomic E-state index is 13.1. The summed E-state index contributed by atoms with van der Waals surface area (Å²) in [5.41, 5.74) is 6.55. The molecule has 1 aromatic carbocycles. The van der Waals surface area contributed by atoms with Gasteiger partial charge in [0.2, 0.25) is 5.91 Å². The molecule has 28 heavy (non-hydrogen) atoms. The number of rotatable bonds is 7. The molecule has 3 rings (SSSR count). The van der Waals surface area contributed by atoms with E-state index in [1.54, 1.807) is 12.1 Å². The van der Waals surface area contributed by atoms with E-state index < -0.39 is 0 Å². The Morgan fingerprint density at radius 2 is 1.79 bits per heavy atom. The maximum Gasteiger partial charge on any atom is 0.239 e. The standard InChI is InChI=1S/C20H30FN3O2.2ClH/c21-17-6-4-16(5-7-17)15-24-11-1-3-19(24)20(25)23-12-8-18(9-13-23)26-14-2-10-22;;/h4-7,18-19H,1-3,8-15,22H2;2*1H. The van der Waals surface area contributed by atoms with E-state index in [0.717, 1.165) is 57.3 Å². The first kappa shape index (κ1) is 25.1. The fraction of sp³-hybridized carbons (Fsp3) is 0.650. The molecule has 0 radical (unpaired) electrons. The van der Waals surface area contributed by atoms with Gasteiger partial charge in [-0.15, -0.1) is 24.8 Å². The molecule has 0 aromatic heterocycles. The van der Waals surface area contributed by atoms with E-state index in [1.807, 2.05) is 4.90 Å². The Hall–Kier alpha value is -0.920. The highest BCUT2D eigenvalue weighted by molar-refractivity contribution is 5.85. The van der Waals surface area contributed by atoms with Gasteiger partial charge in [-0.05, 0) is 62.9 Å². The zero-order valence-corrected chi connectivity index (χ0v) is 17.9. The van der Waals surface area contributed by atoms with Crippen molar-refractivity contribution in [3.8, 4) is 0 Å². The van der Waals surface area contributed by atoms with E-state index >= 15 is 0 Å². The predicted molar refractivity (Wildman–Crippen MR) is 114 cm³/mol. The summed E-state index contributed by atoms with van der Waals surface area (Å²) in [6, 6.07) is 6.53. The number of amides is 1. The monoisotopic (exact) mass is 435 g/mol. The first-order chi connectivity index (χ1) is 12.7. The van der Waals surface area contributed by atoms with Gasteiger partial charge < -0.3 is 15.4 Å². The Kier molecular flexibility index (Phi) is 11.3. The van der Waals surface area contributed by atoms with E-state index in [0.29, 0.717) is 19.7 Å². The van der Waals surface area contributed by atoms with Crippen molar-refractivity contribution >= 4 is 30.7 Å². The highest BCUT2D eigenvalue weighted by Crippen LogP contribution is 2.24. The molecule has 2 aliphatic rings. The van der Waals surface area contributed by atoms with Crippen LogP contribution in [0.25, 0.3) is 0 Å². The van der Waals surface area contributed by atoms with Crippen molar-refractivity contribution in [1.82, 2.24) is 9.80 Å². The molecule has 0 spiro atoms. The van der Waals surface area contributed by atoms with Crippen LogP contribution in [-0.2, 0) is 16.1 Å². The van der Waals surface area contributed by atoms with Gasteiger partial charge >= 0.3 is 0 Å². The van der Waals surface area contributed by atoms with Crippen LogP contribution in [0, 0.1) is 5.82 Å². The SMILES string of the molecule is Cl.Cl.NCCCOC1CCN(C(=O)C2CCCN2Cc2ccc(F)cc2)CC1. The molecule has 2 N–H and O–H groups in total. The number of carbonyl (C=O) groups excluding carboxylic acids is 1. The number of ether oxygens (including phenoxy) is 1. The lowest BCUT2D eigenvalue weighted by molar-refractivity contribution is -0.138. The van der Waals surface area contributed by atoms with E-state index in [-0.39, 0.29) is 48.7 Å². The first-order valence-corrected chi connectivity index (χ1v) is 9.76. The molecule has 1 aromatic rings. The van der Waals surface area contributed by atoms with Crippen LogP contribution in [0.3, 0.4) is 0 Å². The Morgan fingerprint density at radius 3 is 2.43 bits per heavy atom. The summed E-state index contributed by atoms with van der Waals surface area (Å²) in [6.07, 6.45) is 4.90. The Labute approximate surface area is 179 Å². The third kappa shape index (κ3) is 6.85. The van der Waals surface area contributed by atoms with Crippen molar-refractivity contribution in [3.05, 3.63) is 35.6 Å². The van der Waals surface area contributed by atoms with Crippen molar-refractivity contribution in [3.63, 3.8) is 0 Å². The fourth-order valence-corrected chi connectivity index (χ4v) is 3.91. The van der Waals surface area contributed by atoms with E-state index in [9.17, 15) is 9.18 Å².